The van der Waals surface area contributed by atoms with Gasteiger partial charge >= 0.3 is 0 Å². The highest BCUT2D eigenvalue weighted by molar-refractivity contribution is 5.21. The van der Waals surface area contributed by atoms with Crippen LogP contribution in [0.25, 0.3) is 0 Å². The fraction of sp³-hybridized carbons (Fsp3) is 0.467. The molecule has 0 amide bonds. The molecule has 2 rings (SSSR count). The zero-order valence-electron chi connectivity index (χ0n) is 10.1. The molecular formula is C15H20O. The Balaban J connectivity index is 2.24. The molecule has 0 saturated carbocycles. The second-order valence-electron chi connectivity index (χ2n) is 4.81. The Bertz CT molecular complexity index is 355. The van der Waals surface area contributed by atoms with E-state index >= 15 is 0 Å². The van der Waals surface area contributed by atoms with Crippen molar-refractivity contribution < 1.29 is 4.74 Å². The van der Waals surface area contributed by atoms with E-state index in [0.717, 1.165) is 6.42 Å². The van der Waals surface area contributed by atoms with Gasteiger partial charge in [0.1, 0.15) is 0 Å². The highest BCUT2D eigenvalue weighted by Crippen LogP contribution is 2.39. The summed E-state index contributed by atoms with van der Waals surface area (Å²) in [6, 6.07) is 10.5. The average Bonchev–Trinajstić information content (AvgIpc) is 2.29. The quantitative estimate of drug-likeness (QED) is 0.676. The first kappa shape index (κ1) is 11.4. The summed E-state index contributed by atoms with van der Waals surface area (Å²) in [7, 11) is 0. The molecule has 0 aromatic heterocycles. The van der Waals surface area contributed by atoms with E-state index in [0.29, 0.717) is 12.0 Å². The van der Waals surface area contributed by atoms with Crippen LogP contribution in [0.15, 0.2) is 42.5 Å². The third-order valence-electron chi connectivity index (χ3n) is 3.39. The molecule has 1 saturated heterocycles. The van der Waals surface area contributed by atoms with Gasteiger partial charge in [-0.2, -0.15) is 0 Å². The molecule has 0 bridgehead atoms. The summed E-state index contributed by atoms with van der Waals surface area (Å²) < 4.78 is 6.09. The maximum absolute atomic E-state index is 6.09. The van der Waals surface area contributed by atoms with Crippen molar-refractivity contribution in [2.45, 2.75) is 38.9 Å². The molecule has 0 aliphatic carbocycles. The van der Waals surface area contributed by atoms with E-state index in [4.69, 9.17) is 4.74 Å². The van der Waals surface area contributed by atoms with Crippen molar-refractivity contribution in [2.24, 2.45) is 5.92 Å². The lowest BCUT2D eigenvalue weighted by Crippen LogP contribution is -2.28. The number of ether oxygens (including phenoxy) is 1. The van der Waals surface area contributed by atoms with Gasteiger partial charge in [0.15, 0.2) is 0 Å². The standard InChI is InChI=1S/C15H20O/c1-11(2)14-10-9-12(3)16-15(14)13-7-5-4-6-8-13/h4-8,12,14-15H,1,9-10H2,2-3H3/t12-,14-,15-/m0/s1. The summed E-state index contributed by atoms with van der Waals surface area (Å²) in [5.41, 5.74) is 2.52. The molecule has 1 fully saturated rings. The van der Waals surface area contributed by atoms with E-state index in [1.807, 2.05) is 6.07 Å². The van der Waals surface area contributed by atoms with Crippen LogP contribution < -0.4 is 0 Å². The van der Waals surface area contributed by atoms with E-state index in [1.54, 1.807) is 0 Å². The van der Waals surface area contributed by atoms with E-state index in [9.17, 15) is 0 Å². The Morgan fingerprint density at radius 3 is 2.56 bits per heavy atom. The third kappa shape index (κ3) is 2.35. The van der Waals surface area contributed by atoms with Gasteiger partial charge in [-0.1, -0.05) is 42.5 Å². The highest BCUT2D eigenvalue weighted by atomic mass is 16.5. The van der Waals surface area contributed by atoms with Crippen molar-refractivity contribution in [3.05, 3.63) is 48.0 Å². The molecule has 0 unspecified atom stereocenters. The van der Waals surface area contributed by atoms with E-state index in [1.165, 1.54) is 17.6 Å². The van der Waals surface area contributed by atoms with Crippen molar-refractivity contribution in [3.8, 4) is 0 Å². The Morgan fingerprint density at radius 2 is 1.94 bits per heavy atom. The molecule has 0 spiro atoms. The maximum atomic E-state index is 6.09. The summed E-state index contributed by atoms with van der Waals surface area (Å²) in [4.78, 5) is 0. The first-order chi connectivity index (χ1) is 7.68. The molecule has 0 radical (unpaired) electrons. The summed E-state index contributed by atoms with van der Waals surface area (Å²) in [5, 5.41) is 0. The lowest BCUT2D eigenvalue weighted by atomic mass is 9.83. The van der Waals surface area contributed by atoms with Crippen LogP contribution >= 0.6 is 0 Å². The summed E-state index contributed by atoms with van der Waals surface area (Å²) in [6.45, 7) is 8.37. The molecule has 1 aliphatic heterocycles. The first-order valence-corrected chi connectivity index (χ1v) is 6.04. The molecule has 16 heavy (non-hydrogen) atoms. The van der Waals surface area contributed by atoms with Crippen LogP contribution in [-0.4, -0.2) is 6.10 Å². The summed E-state index contributed by atoms with van der Waals surface area (Å²) >= 11 is 0. The van der Waals surface area contributed by atoms with Gasteiger partial charge in [0.05, 0.1) is 12.2 Å². The molecule has 3 atom stereocenters. The zero-order valence-corrected chi connectivity index (χ0v) is 10.1. The molecular weight excluding hydrogens is 196 g/mol. The molecule has 1 heterocycles. The van der Waals surface area contributed by atoms with Gasteiger partial charge in [0.2, 0.25) is 0 Å². The molecule has 1 heteroatoms. The fourth-order valence-corrected chi connectivity index (χ4v) is 2.44. The fourth-order valence-electron chi connectivity index (χ4n) is 2.44. The molecule has 1 aliphatic rings. The molecule has 1 aromatic carbocycles. The van der Waals surface area contributed by atoms with E-state index in [-0.39, 0.29) is 6.10 Å². The van der Waals surface area contributed by atoms with Gasteiger partial charge in [-0.3, -0.25) is 0 Å². The number of rotatable bonds is 2. The van der Waals surface area contributed by atoms with Crippen LogP contribution in [-0.2, 0) is 4.74 Å². The number of benzene rings is 1. The van der Waals surface area contributed by atoms with Crippen LogP contribution in [0.1, 0.15) is 38.4 Å². The first-order valence-electron chi connectivity index (χ1n) is 6.04. The second kappa shape index (κ2) is 4.84. The van der Waals surface area contributed by atoms with Crippen LogP contribution in [0.3, 0.4) is 0 Å². The van der Waals surface area contributed by atoms with Crippen molar-refractivity contribution >= 4 is 0 Å². The predicted octanol–water partition coefficient (Wildman–Crippen LogP) is 4.12. The Hall–Kier alpha value is -1.08. The SMILES string of the molecule is C=C(C)[C@@H]1CC[C@H](C)O[C@H]1c1ccccc1. The van der Waals surface area contributed by atoms with Crippen LogP contribution in [0.2, 0.25) is 0 Å². The zero-order chi connectivity index (χ0) is 11.5. The molecule has 1 nitrogen and oxygen atoms in total. The summed E-state index contributed by atoms with van der Waals surface area (Å²) in [5.74, 6) is 0.471. The van der Waals surface area contributed by atoms with E-state index in [2.05, 4.69) is 44.7 Å². The normalized spacial score (nSPS) is 30.0. The number of hydrogen-bond acceptors (Lipinski definition) is 1. The van der Waals surface area contributed by atoms with Gasteiger partial charge in [-0.25, -0.2) is 0 Å². The van der Waals surface area contributed by atoms with Crippen LogP contribution in [0.5, 0.6) is 0 Å². The minimum atomic E-state index is 0.197. The van der Waals surface area contributed by atoms with Gasteiger partial charge in [0, 0.05) is 5.92 Å². The molecule has 1 aromatic rings. The number of hydrogen-bond donors (Lipinski definition) is 0. The van der Waals surface area contributed by atoms with Crippen molar-refractivity contribution in [1.82, 2.24) is 0 Å². The van der Waals surface area contributed by atoms with Crippen molar-refractivity contribution in [1.29, 1.82) is 0 Å². The van der Waals surface area contributed by atoms with Crippen molar-refractivity contribution in [3.63, 3.8) is 0 Å². The smallest absolute Gasteiger partial charge is 0.0893 e. The molecule has 86 valence electrons. The Labute approximate surface area is 98.1 Å². The molecule has 0 N–H and O–H groups in total. The highest BCUT2D eigenvalue weighted by Gasteiger charge is 2.30. The average molecular weight is 216 g/mol. The van der Waals surface area contributed by atoms with Gasteiger partial charge in [0.25, 0.3) is 0 Å². The van der Waals surface area contributed by atoms with Gasteiger partial charge < -0.3 is 4.74 Å². The minimum absolute atomic E-state index is 0.197. The van der Waals surface area contributed by atoms with Crippen molar-refractivity contribution in [2.75, 3.05) is 0 Å². The minimum Gasteiger partial charge on any atom is -0.370 e. The van der Waals surface area contributed by atoms with Crippen LogP contribution in [0.4, 0.5) is 0 Å². The van der Waals surface area contributed by atoms with Crippen LogP contribution in [0, 0.1) is 5.92 Å². The second-order valence-corrected chi connectivity index (χ2v) is 4.81. The maximum Gasteiger partial charge on any atom is 0.0893 e. The topological polar surface area (TPSA) is 9.23 Å². The lowest BCUT2D eigenvalue weighted by Gasteiger charge is -2.36. The Morgan fingerprint density at radius 1 is 1.25 bits per heavy atom. The lowest BCUT2D eigenvalue weighted by molar-refractivity contribution is -0.0672. The van der Waals surface area contributed by atoms with Gasteiger partial charge in [-0.15, -0.1) is 0 Å². The third-order valence-corrected chi connectivity index (χ3v) is 3.39. The summed E-state index contributed by atoms with van der Waals surface area (Å²) in [6.07, 6.45) is 2.89. The Kier molecular flexibility index (Phi) is 3.45. The van der Waals surface area contributed by atoms with E-state index < -0.39 is 0 Å². The monoisotopic (exact) mass is 216 g/mol. The largest absolute Gasteiger partial charge is 0.370 e. The van der Waals surface area contributed by atoms with Gasteiger partial charge in [-0.05, 0) is 32.3 Å². The predicted molar refractivity (Wildman–Crippen MR) is 67.3 cm³/mol.